The van der Waals surface area contributed by atoms with Crippen LogP contribution >= 0.6 is 0 Å². The average molecular weight is 475 g/mol. The van der Waals surface area contributed by atoms with E-state index in [9.17, 15) is 4.79 Å². The van der Waals surface area contributed by atoms with Crippen molar-refractivity contribution in [3.8, 4) is 11.4 Å². The first-order chi connectivity index (χ1) is 17.1. The van der Waals surface area contributed by atoms with Gasteiger partial charge in [0, 0.05) is 44.7 Å². The Morgan fingerprint density at radius 1 is 1.17 bits per heavy atom. The largest absolute Gasteiger partial charge is 0.383 e. The molecule has 1 aliphatic rings. The van der Waals surface area contributed by atoms with Crippen molar-refractivity contribution in [2.45, 2.75) is 39.9 Å². The third-order valence-corrected chi connectivity index (χ3v) is 6.25. The summed E-state index contributed by atoms with van der Waals surface area (Å²) in [6.45, 7) is 8.51. The molecule has 0 bridgehead atoms. The minimum absolute atomic E-state index is 0.160. The predicted octanol–water partition coefficient (Wildman–Crippen LogP) is 2.25. The lowest BCUT2D eigenvalue weighted by Gasteiger charge is -2.25. The van der Waals surface area contributed by atoms with Crippen LogP contribution in [0.2, 0.25) is 0 Å². The zero-order chi connectivity index (χ0) is 24.4. The van der Waals surface area contributed by atoms with Gasteiger partial charge in [-0.25, -0.2) is 19.6 Å². The number of carbonyl (C=O) groups is 1. The summed E-state index contributed by atoms with van der Waals surface area (Å²) in [7, 11) is 1.72. The average Bonchev–Trinajstić information content (AvgIpc) is 3.47. The highest BCUT2D eigenvalue weighted by molar-refractivity contribution is 5.94. The van der Waals surface area contributed by atoms with Gasteiger partial charge in [0.2, 0.25) is 5.78 Å². The number of nitrogens with zero attached hydrogens (tertiary/aromatic N) is 7. The number of aryl methyl sites for hydroxylation is 2. The molecule has 3 aromatic heterocycles. The first-order valence-electron chi connectivity index (χ1n) is 11.9. The summed E-state index contributed by atoms with van der Waals surface area (Å²) in [5, 5.41) is 7.72. The molecule has 0 saturated heterocycles. The van der Waals surface area contributed by atoms with Crippen LogP contribution in [0.15, 0.2) is 36.7 Å². The van der Waals surface area contributed by atoms with Gasteiger partial charge in [-0.2, -0.15) is 5.10 Å². The van der Waals surface area contributed by atoms with Gasteiger partial charge in [0.1, 0.15) is 11.5 Å². The van der Waals surface area contributed by atoms with Crippen LogP contribution in [0, 0.1) is 6.92 Å². The van der Waals surface area contributed by atoms with Gasteiger partial charge in [-0.3, -0.25) is 14.1 Å². The van der Waals surface area contributed by atoms with E-state index >= 15 is 0 Å². The fraction of sp³-hybridized carbons (Fsp3) is 0.400. The number of rotatable bonds is 8. The second kappa shape index (κ2) is 9.93. The maximum Gasteiger partial charge on any atom is 0.270 e. The summed E-state index contributed by atoms with van der Waals surface area (Å²) in [6, 6.07) is 8.01. The molecule has 1 N–H and O–H groups in total. The van der Waals surface area contributed by atoms with Crippen LogP contribution in [0.1, 0.15) is 40.1 Å². The molecular formula is C25H30N8O2. The highest BCUT2D eigenvalue weighted by atomic mass is 16.5. The monoisotopic (exact) mass is 474 g/mol. The number of carbonyl (C=O) groups excluding carboxylic acids is 1. The molecule has 0 radical (unpaired) electrons. The van der Waals surface area contributed by atoms with E-state index in [1.54, 1.807) is 17.7 Å². The van der Waals surface area contributed by atoms with Crippen LogP contribution in [0.5, 0.6) is 0 Å². The van der Waals surface area contributed by atoms with E-state index in [-0.39, 0.29) is 5.91 Å². The Morgan fingerprint density at radius 2 is 2.00 bits per heavy atom. The second-order valence-corrected chi connectivity index (χ2v) is 8.79. The van der Waals surface area contributed by atoms with Crippen molar-refractivity contribution in [2.24, 2.45) is 0 Å². The highest BCUT2D eigenvalue weighted by Crippen LogP contribution is 2.20. The third-order valence-electron chi connectivity index (χ3n) is 6.25. The normalized spacial score (nSPS) is 13.8. The number of ether oxygens (including phenoxy) is 1. The van der Waals surface area contributed by atoms with Gasteiger partial charge in [-0.1, -0.05) is 31.2 Å². The summed E-state index contributed by atoms with van der Waals surface area (Å²) < 4.78 is 8.95. The van der Waals surface area contributed by atoms with E-state index in [2.05, 4.69) is 20.2 Å². The fourth-order valence-corrected chi connectivity index (χ4v) is 4.32. The maximum absolute atomic E-state index is 13.0. The molecule has 0 spiro atoms. The van der Waals surface area contributed by atoms with Crippen molar-refractivity contribution in [1.82, 2.24) is 39.3 Å². The van der Waals surface area contributed by atoms with Crippen molar-refractivity contribution in [3.05, 3.63) is 65.0 Å². The van der Waals surface area contributed by atoms with Gasteiger partial charge < -0.3 is 10.1 Å². The number of fused-ring (bicyclic) bond motifs is 2. The molecule has 35 heavy (non-hydrogen) atoms. The van der Waals surface area contributed by atoms with Gasteiger partial charge in [0.25, 0.3) is 5.91 Å². The lowest BCUT2D eigenvalue weighted by molar-refractivity contribution is 0.0944. The molecule has 1 amide bonds. The molecule has 5 rings (SSSR count). The van der Waals surface area contributed by atoms with E-state index in [1.807, 2.05) is 49.0 Å². The summed E-state index contributed by atoms with van der Waals surface area (Å²) in [5.41, 5.74) is 4.22. The zero-order valence-corrected chi connectivity index (χ0v) is 20.4. The highest BCUT2D eigenvalue weighted by Gasteiger charge is 2.21. The van der Waals surface area contributed by atoms with Crippen LogP contribution in [0.3, 0.4) is 0 Å². The van der Waals surface area contributed by atoms with Gasteiger partial charge >= 0.3 is 0 Å². The van der Waals surface area contributed by atoms with Gasteiger partial charge in [0.05, 0.1) is 25.4 Å². The number of aromatic nitrogens is 6. The standard InChI is InChI=1S/C25H30N8O2/c1-4-20-22(32-15-17(2)13-27-25(32)28-20)24(34)26-14-18-5-7-19(8-6-18)23-29-21-16-31(11-12-35-3)9-10-33(21)30-23/h5-8,13,15H,4,9-12,14,16H2,1-3H3,(H,26,34). The van der Waals surface area contributed by atoms with Crippen molar-refractivity contribution < 1.29 is 9.53 Å². The Morgan fingerprint density at radius 3 is 2.77 bits per heavy atom. The number of nitrogens with one attached hydrogen (secondary N) is 1. The van der Waals surface area contributed by atoms with Gasteiger partial charge in [-0.05, 0) is 24.5 Å². The summed E-state index contributed by atoms with van der Waals surface area (Å²) >= 11 is 0. The van der Waals surface area contributed by atoms with E-state index < -0.39 is 0 Å². The lowest BCUT2D eigenvalue weighted by Crippen LogP contribution is -2.36. The number of hydrogen-bond acceptors (Lipinski definition) is 7. The molecule has 4 aromatic rings. The number of imidazole rings is 1. The van der Waals surface area contributed by atoms with Gasteiger partial charge in [-0.15, -0.1) is 0 Å². The minimum atomic E-state index is -0.160. The van der Waals surface area contributed by atoms with Crippen LogP contribution < -0.4 is 5.32 Å². The van der Waals surface area contributed by atoms with Crippen molar-refractivity contribution in [2.75, 3.05) is 26.8 Å². The molecule has 182 valence electrons. The Balaban J connectivity index is 1.26. The van der Waals surface area contributed by atoms with Gasteiger partial charge in [0.15, 0.2) is 5.82 Å². The summed E-state index contributed by atoms with van der Waals surface area (Å²) in [6.07, 6.45) is 4.31. The van der Waals surface area contributed by atoms with E-state index in [4.69, 9.17) is 14.8 Å². The van der Waals surface area contributed by atoms with Crippen molar-refractivity contribution >= 4 is 11.7 Å². The molecule has 0 atom stereocenters. The molecule has 1 aromatic carbocycles. The topological polar surface area (TPSA) is 102 Å². The molecule has 10 heteroatoms. The SMILES string of the molecule is CCc1nc2ncc(C)cn2c1C(=O)NCc1ccc(-c2nc3n(n2)CCN(CCOC)C3)cc1. The van der Waals surface area contributed by atoms with Crippen molar-refractivity contribution in [3.63, 3.8) is 0 Å². The third kappa shape index (κ3) is 4.80. The Kier molecular flexibility index (Phi) is 6.56. The maximum atomic E-state index is 13.0. The molecule has 10 nitrogen and oxygen atoms in total. The van der Waals surface area contributed by atoms with Crippen LogP contribution in [-0.2, 0) is 30.8 Å². The molecule has 0 fully saturated rings. The molecule has 4 heterocycles. The Bertz CT molecular complexity index is 1340. The fourth-order valence-electron chi connectivity index (χ4n) is 4.32. The Hall–Kier alpha value is -3.63. The molecule has 0 unspecified atom stereocenters. The second-order valence-electron chi connectivity index (χ2n) is 8.79. The predicted molar refractivity (Wildman–Crippen MR) is 131 cm³/mol. The number of methoxy groups -OCH3 is 1. The van der Waals surface area contributed by atoms with Crippen LogP contribution in [0.25, 0.3) is 17.2 Å². The number of hydrogen-bond donors (Lipinski definition) is 1. The van der Waals surface area contributed by atoms with E-state index in [0.29, 0.717) is 31.0 Å². The van der Waals surface area contributed by atoms with E-state index in [1.165, 1.54) is 0 Å². The first-order valence-corrected chi connectivity index (χ1v) is 11.9. The summed E-state index contributed by atoms with van der Waals surface area (Å²) in [4.78, 5) is 29.0. The smallest absolute Gasteiger partial charge is 0.270 e. The molecule has 1 aliphatic heterocycles. The quantitative estimate of drug-likeness (QED) is 0.418. The number of amides is 1. The molecule has 0 aliphatic carbocycles. The minimum Gasteiger partial charge on any atom is -0.383 e. The van der Waals surface area contributed by atoms with Crippen LogP contribution in [0.4, 0.5) is 0 Å². The summed E-state index contributed by atoms with van der Waals surface area (Å²) in [5.74, 6) is 2.08. The van der Waals surface area contributed by atoms with E-state index in [0.717, 1.165) is 60.2 Å². The van der Waals surface area contributed by atoms with Crippen molar-refractivity contribution in [1.29, 1.82) is 0 Å². The van der Waals surface area contributed by atoms with Crippen LogP contribution in [-0.4, -0.2) is 66.7 Å². The number of benzene rings is 1. The zero-order valence-electron chi connectivity index (χ0n) is 20.4. The molecule has 0 saturated carbocycles. The first kappa shape index (κ1) is 23.1. The Labute approximate surface area is 204 Å². The molecular weight excluding hydrogens is 444 g/mol. The lowest BCUT2D eigenvalue weighted by atomic mass is 10.1.